The van der Waals surface area contributed by atoms with E-state index >= 15 is 0 Å². The first-order valence-corrected chi connectivity index (χ1v) is 15.3. The van der Waals surface area contributed by atoms with Gasteiger partial charge in [-0.3, -0.25) is 9.59 Å². The summed E-state index contributed by atoms with van der Waals surface area (Å²) in [6, 6.07) is 40.9. The standard InChI is InChI=1S/C40H30N4O4/c1-47-29-19-11-25(12-20-29)37-23-33(31-7-3-5-9-35(31)43-37)39(45)41-27-15-17-28(18-16-27)42-40(46)34-24-38(26-13-21-30(48-2)22-14-26)44-36-10-6-4-8-32(34)36/h3-24H,1-2H3,(H,41,45)(H,42,46). The van der Waals surface area contributed by atoms with Gasteiger partial charge in [0.15, 0.2) is 0 Å². The highest BCUT2D eigenvalue weighted by molar-refractivity contribution is 6.14. The van der Waals surface area contributed by atoms with Crippen LogP contribution < -0.4 is 20.1 Å². The van der Waals surface area contributed by atoms with Gasteiger partial charge in [-0.05, 0) is 97.1 Å². The summed E-state index contributed by atoms with van der Waals surface area (Å²) < 4.78 is 10.6. The Morgan fingerprint density at radius 2 is 0.875 bits per heavy atom. The molecule has 5 aromatic carbocycles. The summed E-state index contributed by atoms with van der Waals surface area (Å²) in [5.41, 5.74) is 6.70. The van der Waals surface area contributed by atoms with E-state index in [1.165, 1.54) is 0 Å². The van der Waals surface area contributed by atoms with Gasteiger partial charge in [-0.1, -0.05) is 36.4 Å². The number of benzene rings is 5. The van der Waals surface area contributed by atoms with Crippen molar-refractivity contribution in [3.63, 3.8) is 0 Å². The Kier molecular flexibility index (Phi) is 8.20. The van der Waals surface area contributed by atoms with Gasteiger partial charge < -0.3 is 20.1 Å². The number of hydrogen-bond acceptors (Lipinski definition) is 6. The number of carbonyl (C=O) groups is 2. The fourth-order valence-electron chi connectivity index (χ4n) is 5.58. The van der Waals surface area contributed by atoms with Crippen LogP contribution in [0.3, 0.4) is 0 Å². The van der Waals surface area contributed by atoms with E-state index in [-0.39, 0.29) is 11.8 Å². The number of nitrogens with zero attached hydrogens (tertiary/aromatic N) is 2. The minimum absolute atomic E-state index is 0.269. The monoisotopic (exact) mass is 630 g/mol. The van der Waals surface area contributed by atoms with Crippen molar-refractivity contribution in [2.24, 2.45) is 0 Å². The summed E-state index contributed by atoms with van der Waals surface area (Å²) in [7, 11) is 3.24. The van der Waals surface area contributed by atoms with Crippen molar-refractivity contribution < 1.29 is 19.1 Å². The Bertz CT molecular complexity index is 2120. The molecule has 0 aliphatic rings. The predicted molar refractivity (Wildman–Crippen MR) is 190 cm³/mol. The number of pyridine rings is 2. The highest BCUT2D eigenvalue weighted by Gasteiger charge is 2.17. The zero-order valence-corrected chi connectivity index (χ0v) is 26.2. The highest BCUT2D eigenvalue weighted by atomic mass is 16.5. The number of methoxy groups -OCH3 is 2. The normalized spacial score (nSPS) is 10.9. The van der Waals surface area contributed by atoms with Crippen molar-refractivity contribution in [2.75, 3.05) is 24.9 Å². The molecule has 0 saturated heterocycles. The maximum Gasteiger partial charge on any atom is 0.256 e. The molecule has 2 heterocycles. The Hall–Kier alpha value is -6.54. The zero-order chi connectivity index (χ0) is 33.0. The number of nitrogens with one attached hydrogen (secondary N) is 2. The van der Waals surface area contributed by atoms with Gasteiger partial charge in [-0.2, -0.15) is 0 Å². The number of carbonyl (C=O) groups excluding carboxylic acids is 2. The summed E-state index contributed by atoms with van der Waals surface area (Å²) in [6.07, 6.45) is 0. The van der Waals surface area contributed by atoms with Crippen molar-refractivity contribution >= 4 is 45.0 Å². The average molecular weight is 631 g/mol. The SMILES string of the molecule is COc1ccc(-c2cc(C(=O)Nc3ccc(NC(=O)c4cc(-c5ccc(OC)cc5)nc5ccccc45)cc3)c3ccccc3n2)cc1. The molecule has 0 radical (unpaired) electrons. The van der Waals surface area contributed by atoms with Gasteiger partial charge in [0, 0.05) is 33.3 Å². The third-order valence-corrected chi connectivity index (χ3v) is 8.09. The zero-order valence-electron chi connectivity index (χ0n) is 26.2. The molecule has 0 atom stereocenters. The largest absolute Gasteiger partial charge is 0.497 e. The summed E-state index contributed by atoms with van der Waals surface area (Å²) >= 11 is 0. The number of rotatable bonds is 8. The lowest BCUT2D eigenvalue weighted by atomic mass is 10.0. The third-order valence-electron chi connectivity index (χ3n) is 8.09. The third kappa shape index (κ3) is 6.15. The fourth-order valence-corrected chi connectivity index (χ4v) is 5.58. The molecule has 2 N–H and O–H groups in total. The molecule has 7 aromatic rings. The summed E-state index contributed by atoms with van der Waals surface area (Å²) in [6.45, 7) is 0. The molecule has 0 fully saturated rings. The van der Waals surface area contributed by atoms with E-state index in [1.54, 1.807) is 50.6 Å². The van der Waals surface area contributed by atoms with E-state index in [2.05, 4.69) is 10.6 Å². The lowest BCUT2D eigenvalue weighted by Crippen LogP contribution is -2.14. The molecule has 2 amide bonds. The Morgan fingerprint density at radius 3 is 1.25 bits per heavy atom. The van der Waals surface area contributed by atoms with Gasteiger partial charge in [0.05, 0.1) is 47.8 Å². The van der Waals surface area contributed by atoms with E-state index in [9.17, 15) is 9.59 Å². The van der Waals surface area contributed by atoms with E-state index in [1.807, 2.05) is 97.1 Å². The molecule has 0 saturated carbocycles. The lowest BCUT2D eigenvalue weighted by molar-refractivity contribution is 0.102. The average Bonchev–Trinajstić information content (AvgIpc) is 3.14. The molecule has 234 valence electrons. The van der Waals surface area contributed by atoms with Gasteiger partial charge in [-0.25, -0.2) is 9.97 Å². The molecule has 7 rings (SSSR count). The number of para-hydroxylation sites is 2. The van der Waals surface area contributed by atoms with E-state index in [4.69, 9.17) is 19.4 Å². The molecule has 0 bridgehead atoms. The van der Waals surface area contributed by atoms with Gasteiger partial charge in [0.25, 0.3) is 11.8 Å². The van der Waals surface area contributed by atoms with Gasteiger partial charge in [0.2, 0.25) is 0 Å². The molecule has 8 heteroatoms. The second-order valence-electron chi connectivity index (χ2n) is 11.1. The quantitative estimate of drug-likeness (QED) is 0.174. The minimum atomic E-state index is -0.269. The van der Waals surface area contributed by atoms with Crippen molar-refractivity contribution in [3.05, 3.63) is 145 Å². The molecular weight excluding hydrogens is 600 g/mol. The van der Waals surface area contributed by atoms with Crippen molar-refractivity contribution in [1.29, 1.82) is 0 Å². The number of hydrogen-bond donors (Lipinski definition) is 2. The van der Waals surface area contributed by atoms with Crippen LogP contribution in [0.15, 0.2) is 133 Å². The number of ether oxygens (including phenoxy) is 2. The number of amides is 2. The Morgan fingerprint density at radius 1 is 0.500 bits per heavy atom. The van der Waals surface area contributed by atoms with Crippen molar-refractivity contribution in [3.8, 4) is 34.0 Å². The van der Waals surface area contributed by atoms with Gasteiger partial charge >= 0.3 is 0 Å². The smallest absolute Gasteiger partial charge is 0.256 e. The molecule has 48 heavy (non-hydrogen) atoms. The summed E-state index contributed by atoms with van der Waals surface area (Å²) in [5.74, 6) is 0.943. The van der Waals surface area contributed by atoms with E-state index < -0.39 is 0 Å². The first-order valence-electron chi connectivity index (χ1n) is 15.3. The number of aromatic nitrogens is 2. The van der Waals surface area contributed by atoms with Crippen LogP contribution in [0.2, 0.25) is 0 Å². The number of anilines is 2. The van der Waals surface area contributed by atoms with Crippen molar-refractivity contribution in [2.45, 2.75) is 0 Å². The molecule has 0 aliphatic heterocycles. The second-order valence-corrected chi connectivity index (χ2v) is 11.1. The van der Waals surface area contributed by atoms with Gasteiger partial charge in [-0.15, -0.1) is 0 Å². The Balaban J connectivity index is 1.12. The maximum absolute atomic E-state index is 13.6. The van der Waals surface area contributed by atoms with Crippen LogP contribution in [0.5, 0.6) is 11.5 Å². The second kappa shape index (κ2) is 13.1. The summed E-state index contributed by atoms with van der Waals surface area (Å²) in [5, 5.41) is 7.49. The predicted octanol–water partition coefficient (Wildman–Crippen LogP) is 8.64. The molecule has 0 unspecified atom stereocenters. The lowest BCUT2D eigenvalue weighted by Gasteiger charge is -2.13. The fraction of sp³-hybridized carbons (Fsp3) is 0.0500. The molecular formula is C40H30N4O4. The van der Waals surface area contributed by atoms with Crippen molar-refractivity contribution in [1.82, 2.24) is 9.97 Å². The molecule has 0 aliphatic carbocycles. The molecule has 0 spiro atoms. The summed E-state index contributed by atoms with van der Waals surface area (Å²) in [4.78, 5) is 36.8. The van der Waals surface area contributed by atoms with Crippen LogP contribution in [-0.2, 0) is 0 Å². The first-order chi connectivity index (χ1) is 23.5. The van der Waals surface area contributed by atoms with Crippen LogP contribution >= 0.6 is 0 Å². The highest BCUT2D eigenvalue weighted by Crippen LogP contribution is 2.29. The van der Waals surface area contributed by atoms with Crippen LogP contribution in [0, 0.1) is 0 Å². The maximum atomic E-state index is 13.6. The Labute approximate surface area is 277 Å². The first kappa shape index (κ1) is 30.1. The molecule has 2 aromatic heterocycles. The van der Waals surface area contributed by atoms with Crippen LogP contribution in [-0.4, -0.2) is 36.0 Å². The minimum Gasteiger partial charge on any atom is -0.497 e. The molecule has 8 nitrogen and oxygen atoms in total. The van der Waals surface area contributed by atoms with Crippen LogP contribution in [0.25, 0.3) is 44.3 Å². The van der Waals surface area contributed by atoms with Gasteiger partial charge in [0.1, 0.15) is 11.5 Å². The van der Waals surface area contributed by atoms with E-state index in [0.29, 0.717) is 44.9 Å². The topological polar surface area (TPSA) is 102 Å². The number of fused-ring (bicyclic) bond motifs is 2. The van der Waals surface area contributed by atoms with Crippen LogP contribution in [0.1, 0.15) is 20.7 Å². The van der Waals surface area contributed by atoms with E-state index in [0.717, 1.165) is 33.4 Å². The van der Waals surface area contributed by atoms with Crippen LogP contribution in [0.4, 0.5) is 11.4 Å².